The smallest absolute Gasteiger partial charge is 0.435 e. The third kappa shape index (κ3) is 4.32. The van der Waals surface area contributed by atoms with Gasteiger partial charge in [-0.1, -0.05) is 18.2 Å². The maximum atomic E-state index is 13.1. The molecule has 3 heterocycles. The van der Waals surface area contributed by atoms with Crippen LogP contribution in [0, 0.1) is 0 Å². The average molecular weight is 510 g/mol. The standard InChI is InChI=1S/C29H27N5O4/c1-5-7-24(35)33-16-21-19(10-11-22(30)25(21)27(33)36)17-9-12-23-20(14-17)26(18-8-6-13-31-15-18)32-34(23)28(37)38-29(2,3)4/h5-15H,16,30H2,1-4H3/b7-5+. The van der Waals surface area contributed by atoms with Crippen LogP contribution in [0.4, 0.5) is 10.5 Å². The monoisotopic (exact) mass is 509 g/mol. The minimum absolute atomic E-state index is 0.113. The second-order valence-corrected chi connectivity index (χ2v) is 10.00. The Balaban J connectivity index is 1.68. The van der Waals surface area contributed by atoms with Crippen LogP contribution in [0.5, 0.6) is 0 Å². The second-order valence-electron chi connectivity index (χ2n) is 10.00. The summed E-state index contributed by atoms with van der Waals surface area (Å²) < 4.78 is 6.84. The number of carbonyl (C=O) groups excluding carboxylic acids is 3. The first-order valence-electron chi connectivity index (χ1n) is 12.2. The van der Waals surface area contributed by atoms with Crippen LogP contribution in [0.3, 0.4) is 0 Å². The Morgan fingerprint density at radius 2 is 1.89 bits per heavy atom. The molecule has 0 saturated carbocycles. The normalized spacial score (nSPS) is 13.4. The summed E-state index contributed by atoms with van der Waals surface area (Å²) in [5.74, 6) is -0.815. The van der Waals surface area contributed by atoms with Crippen molar-refractivity contribution in [3.05, 3.63) is 78.1 Å². The molecule has 9 heteroatoms. The molecule has 1 aliphatic rings. The largest absolute Gasteiger partial charge is 0.442 e. The number of hydrogen-bond acceptors (Lipinski definition) is 7. The number of nitrogen functional groups attached to an aromatic ring is 1. The van der Waals surface area contributed by atoms with Crippen molar-refractivity contribution in [3.63, 3.8) is 0 Å². The maximum absolute atomic E-state index is 13.1. The molecule has 5 rings (SSSR count). The molecule has 2 aromatic heterocycles. The summed E-state index contributed by atoms with van der Waals surface area (Å²) >= 11 is 0. The number of rotatable bonds is 3. The summed E-state index contributed by atoms with van der Waals surface area (Å²) in [7, 11) is 0. The molecule has 4 aromatic rings. The maximum Gasteiger partial charge on any atom is 0.435 e. The van der Waals surface area contributed by atoms with Crippen LogP contribution in [-0.4, -0.2) is 43.2 Å². The zero-order chi connectivity index (χ0) is 27.2. The summed E-state index contributed by atoms with van der Waals surface area (Å²) in [5, 5.41) is 5.31. The molecule has 1 aliphatic heterocycles. The SMILES string of the molecule is C/C=C/C(=O)N1Cc2c(-c3ccc4c(c3)c(-c3cccnc3)nn4C(=O)OC(C)(C)C)ccc(N)c2C1=O. The number of benzene rings is 2. The van der Waals surface area contributed by atoms with Crippen molar-refractivity contribution in [1.29, 1.82) is 0 Å². The van der Waals surface area contributed by atoms with Gasteiger partial charge in [-0.15, -0.1) is 0 Å². The van der Waals surface area contributed by atoms with Crippen molar-refractivity contribution >= 4 is 34.5 Å². The van der Waals surface area contributed by atoms with Crippen molar-refractivity contribution in [3.8, 4) is 22.4 Å². The number of ether oxygens (including phenoxy) is 1. The third-order valence-electron chi connectivity index (χ3n) is 6.19. The molecule has 0 spiro atoms. The van der Waals surface area contributed by atoms with Crippen LogP contribution in [-0.2, 0) is 16.1 Å². The Hall–Kier alpha value is -4.79. The van der Waals surface area contributed by atoms with Gasteiger partial charge in [-0.05, 0) is 80.8 Å². The fourth-order valence-corrected chi connectivity index (χ4v) is 4.57. The van der Waals surface area contributed by atoms with E-state index in [0.717, 1.165) is 16.7 Å². The Morgan fingerprint density at radius 3 is 2.58 bits per heavy atom. The van der Waals surface area contributed by atoms with Gasteiger partial charge in [0.05, 0.1) is 17.6 Å². The molecule has 2 N–H and O–H groups in total. The van der Waals surface area contributed by atoms with Gasteiger partial charge in [0.2, 0.25) is 0 Å². The van der Waals surface area contributed by atoms with E-state index in [1.54, 1.807) is 64.4 Å². The minimum Gasteiger partial charge on any atom is -0.442 e. The topological polar surface area (TPSA) is 120 Å². The van der Waals surface area contributed by atoms with Gasteiger partial charge in [-0.2, -0.15) is 9.78 Å². The minimum atomic E-state index is -0.697. The first-order chi connectivity index (χ1) is 18.1. The van der Waals surface area contributed by atoms with E-state index >= 15 is 0 Å². The van der Waals surface area contributed by atoms with E-state index in [1.807, 2.05) is 24.3 Å². The Kier molecular flexibility index (Phi) is 6.06. The summed E-state index contributed by atoms with van der Waals surface area (Å²) in [5.41, 5.74) is 10.2. The van der Waals surface area contributed by atoms with Crippen molar-refractivity contribution < 1.29 is 19.1 Å². The van der Waals surface area contributed by atoms with Gasteiger partial charge in [-0.3, -0.25) is 19.5 Å². The lowest BCUT2D eigenvalue weighted by atomic mass is 9.94. The molecule has 0 aliphatic carbocycles. The molecule has 192 valence electrons. The summed E-state index contributed by atoms with van der Waals surface area (Å²) in [4.78, 5) is 44.0. The predicted octanol–water partition coefficient (Wildman–Crippen LogP) is 5.19. The molecule has 2 amide bonds. The number of carbonyl (C=O) groups is 3. The highest BCUT2D eigenvalue weighted by Gasteiger charge is 2.35. The van der Waals surface area contributed by atoms with Crippen LogP contribution in [0.15, 0.2) is 67.0 Å². The summed E-state index contributed by atoms with van der Waals surface area (Å²) in [6.07, 6.45) is 5.70. The number of allylic oxidation sites excluding steroid dienone is 1. The molecular weight excluding hydrogens is 482 g/mol. The van der Waals surface area contributed by atoms with E-state index in [0.29, 0.717) is 33.4 Å². The van der Waals surface area contributed by atoms with Crippen LogP contribution in [0.2, 0.25) is 0 Å². The molecule has 0 radical (unpaired) electrons. The van der Waals surface area contributed by atoms with Crippen molar-refractivity contribution in [1.82, 2.24) is 19.7 Å². The van der Waals surface area contributed by atoms with Crippen LogP contribution < -0.4 is 5.73 Å². The lowest BCUT2D eigenvalue weighted by Gasteiger charge is -2.19. The number of nitrogens with zero attached hydrogens (tertiary/aromatic N) is 4. The molecule has 0 atom stereocenters. The Bertz CT molecular complexity index is 1630. The molecule has 38 heavy (non-hydrogen) atoms. The second kappa shape index (κ2) is 9.26. The van der Waals surface area contributed by atoms with Gasteiger partial charge < -0.3 is 10.5 Å². The number of fused-ring (bicyclic) bond motifs is 2. The van der Waals surface area contributed by atoms with E-state index in [4.69, 9.17) is 10.5 Å². The fourth-order valence-electron chi connectivity index (χ4n) is 4.57. The van der Waals surface area contributed by atoms with Gasteiger partial charge in [0.25, 0.3) is 11.8 Å². The zero-order valence-electron chi connectivity index (χ0n) is 21.6. The van der Waals surface area contributed by atoms with Gasteiger partial charge in [0.1, 0.15) is 11.3 Å². The molecule has 2 aromatic carbocycles. The van der Waals surface area contributed by atoms with Gasteiger partial charge in [0.15, 0.2) is 0 Å². The molecule has 0 saturated heterocycles. The molecular formula is C29H27N5O4. The number of nitrogens with two attached hydrogens (primary N) is 1. The molecule has 0 fully saturated rings. The molecule has 9 nitrogen and oxygen atoms in total. The Morgan fingerprint density at radius 1 is 1.11 bits per heavy atom. The number of aromatic nitrogens is 3. The van der Waals surface area contributed by atoms with Crippen LogP contribution in [0.25, 0.3) is 33.3 Å². The lowest BCUT2D eigenvalue weighted by molar-refractivity contribution is -0.123. The van der Waals surface area contributed by atoms with Gasteiger partial charge >= 0.3 is 6.09 Å². The van der Waals surface area contributed by atoms with Crippen LogP contribution in [0.1, 0.15) is 43.6 Å². The highest BCUT2D eigenvalue weighted by atomic mass is 16.6. The van der Waals surface area contributed by atoms with E-state index in [1.165, 1.54) is 15.7 Å². The van der Waals surface area contributed by atoms with Crippen molar-refractivity contribution in [2.75, 3.05) is 5.73 Å². The van der Waals surface area contributed by atoms with Crippen molar-refractivity contribution in [2.45, 2.75) is 39.8 Å². The highest BCUT2D eigenvalue weighted by Crippen LogP contribution is 2.38. The zero-order valence-corrected chi connectivity index (χ0v) is 21.6. The van der Waals surface area contributed by atoms with Gasteiger partial charge in [-0.25, -0.2) is 4.79 Å². The summed E-state index contributed by atoms with van der Waals surface area (Å²) in [6, 6.07) is 12.7. The number of hydrogen-bond donors (Lipinski definition) is 1. The number of pyridine rings is 1. The first-order valence-corrected chi connectivity index (χ1v) is 12.2. The quantitative estimate of drug-likeness (QED) is 0.298. The molecule has 0 unspecified atom stereocenters. The van der Waals surface area contributed by atoms with Gasteiger partial charge in [0, 0.05) is 29.0 Å². The van der Waals surface area contributed by atoms with Crippen LogP contribution >= 0.6 is 0 Å². The van der Waals surface area contributed by atoms with E-state index < -0.39 is 23.5 Å². The fraction of sp³-hybridized carbons (Fsp3) is 0.207. The molecule has 0 bridgehead atoms. The summed E-state index contributed by atoms with van der Waals surface area (Å²) in [6.45, 7) is 7.22. The number of imide groups is 1. The van der Waals surface area contributed by atoms with E-state index in [9.17, 15) is 14.4 Å². The lowest BCUT2D eigenvalue weighted by Crippen LogP contribution is -2.29. The Labute approximate surface area is 219 Å². The highest BCUT2D eigenvalue weighted by molar-refractivity contribution is 6.14. The van der Waals surface area contributed by atoms with Crippen molar-refractivity contribution in [2.24, 2.45) is 0 Å². The number of amides is 2. The predicted molar refractivity (Wildman–Crippen MR) is 144 cm³/mol. The average Bonchev–Trinajstić information content (AvgIpc) is 3.43. The first kappa shape index (κ1) is 24.9. The number of anilines is 1. The van der Waals surface area contributed by atoms with E-state index in [2.05, 4.69) is 10.1 Å². The third-order valence-corrected chi connectivity index (χ3v) is 6.19. The van der Waals surface area contributed by atoms with E-state index in [-0.39, 0.29) is 6.54 Å².